The van der Waals surface area contributed by atoms with Crippen molar-refractivity contribution >= 4 is 11.5 Å². The molecule has 5 nitrogen and oxygen atoms in total. The number of nitrogens with zero attached hydrogens (tertiary/aromatic N) is 2. The van der Waals surface area contributed by atoms with Crippen molar-refractivity contribution in [1.82, 2.24) is 0 Å². The summed E-state index contributed by atoms with van der Waals surface area (Å²) >= 11 is 0. The van der Waals surface area contributed by atoms with Crippen LogP contribution < -0.4 is 10.6 Å². The lowest BCUT2D eigenvalue weighted by Gasteiger charge is -2.35. The summed E-state index contributed by atoms with van der Waals surface area (Å²) in [4.78, 5) is 2.10. The van der Waals surface area contributed by atoms with Crippen molar-refractivity contribution in [1.29, 1.82) is 0 Å². The van der Waals surface area contributed by atoms with E-state index < -0.39 is 0 Å². The molecule has 0 heterocycles. The van der Waals surface area contributed by atoms with Crippen molar-refractivity contribution in [2.75, 3.05) is 18.5 Å². The largest absolute Gasteiger partial charge is 0.409 e. The third-order valence-corrected chi connectivity index (χ3v) is 3.69. The lowest BCUT2D eigenvalue weighted by molar-refractivity contribution is 0.0465. The molecule has 1 aromatic carbocycles. The fraction of sp³-hybridized carbons (Fsp3) is 0.500. The van der Waals surface area contributed by atoms with Gasteiger partial charge in [0, 0.05) is 24.8 Å². The van der Waals surface area contributed by atoms with Crippen molar-refractivity contribution in [3.05, 3.63) is 29.3 Å². The second-order valence-electron chi connectivity index (χ2n) is 5.38. The van der Waals surface area contributed by atoms with E-state index in [9.17, 15) is 5.11 Å². The number of aliphatic hydroxyl groups excluding tert-OH is 1. The quantitative estimate of drug-likeness (QED) is 0.331. The first-order valence-electron chi connectivity index (χ1n) is 6.49. The van der Waals surface area contributed by atoms with Crippen molar-refractivity contribution in [3.63, 3.8) is 0 Å². The maximum atomic E-state index is 9.33. The highest BCUT2D eigenvalue weighted by molar-refractivity contribution is 6.02. The van der Waals surface area contributed by atoms with Gasteiger partial charge in [0.05, 0.1) is 6.10 Å². The van der Waals surface area contributed by atoms with Gasteiger partial charge in [-0.3, -0.25) is 0 Å². The van der Waals surface area contributed by atoms with Crippen LogP contribution in [0.1, 0.15) is 24.0 Å². The van der Waals surface area contributed by atoms with E-state index in [1.165, 1.54) is 0 Å². The predicted molar refractivity (Wildman–Crippen MR) is 75.7 cm³/mol. The van der Waals surface area contributed by atoms with Crippen molar-refractivity contribution < 1.29 is 10.3 Å². The molecule has 2 rings (SSSR count). The van der Waals surface area contributed by atoms with E-state index in [2.05, 4.69) is 10.1 Å². The van der Waals surface area contributed by atoms with Crippen LogP contribution in [0.5, 0.6) is 0 Å². The molecule has 1 aromatic rings. The molecule has 0 saturated heterocycles. The molecule has 0 spiro atoms. The number of oxime groups is 1. The minimum absolute atomic E-state index is 0.124. The molecule has 0 aromatic heterocycles. The number of hydrogen-bond donors (Lipinski definition) is 3. The zero-order chi connectivity index (χ0) is 14.0. The SMILES string of the molecule is Cc1ccc(N(C)CC2CC(O)C2)c(/C(N)=N/O)c1. The van der Waals surface area contributed by atoms with Crippen LogP contribution in [0.2, 0.25) is 0 Å². The Hall–Kier alpha value is -1.75. The van der Waals surface area contributed by atoms with Crippen molar-refractivity contribution in [2.45, 2.75) is 25.9 Å². The monoisotopic (exact) mass is 263 g/mol. The lowest BCUT2D eigenvalue weighted by Crippen LogP contribution is -2.37. The van der Waals surface area contributed by atoms with Gasteiger partial charge in [0.15, 0.2) is 5.84 Å². The maximum absolute atomic E-state index is 9.33. The summed E-state index contributed by atoms with van der Waals surface area (Å²) in [5.41, 5.74) is 8.49. The first-order valence-corrected chi connectivity index (χ1v) is 6.49. The summed E-state index contributed by atoms with van der Waals surface area (Å²) in [6, 6.07) is 5.91. The molecule has 0 atom stereocenters. The number of benzene rings is 1. The molecule has 1 saturated carbocycles. The number of nitrogens with two attached hydrogens (primary N) is 1. The molecule has 5 heteroatoms. The zero-order valence-electron chi connectivity index (χ0n) is 11.4. The minimum Gasteiger partial charge on any atom is -0.409 e. The number of aliphatic hydroxyl groups is 1. The number of rotatable bonds is 4. The number of hydrogen-bond acceptors (Lipinski definition) is 4. The Morgan fingerprint density at radius 1 is 1.47 bits per heavy atom. The van der Waals surface area contributed by atoms with Crippen molar-refractivity contribution in [3.8, 4) is 0 Å². The normalized spacial score (nSPS) is 23.0. The molecule has 1 aliphatic carbocycles. The van der Waals surface area contributed by atoms with E-state index in [0.717, 1.165) is 36.2 Å². The highest BCUT2D eigenvalue weighted by atomic mass is 16.4. The molecule has 0 unspecified atom stereocenters. The maximum Gasteiger partial charge on any atom is 0.172 e. The average Bonchev–Trinajstić information content (AvgIpc) is 2.35. The van der Waals surface area contributed by atoms with Crippen LogP contribution in [0.25, 0.3) is 0 Å². The Kier molecular flexibility index (Phi) is 3.95. The zero-order valence-corrected chi connectivity index (χ0v) is 11.4. The van der Waals surface area contributed by atoms with Crippen LogP contribution in [0.3, 0.4) is 0 Å². The molecule has 19 heavy (non-hydrogen) atoms. The predicted octanol–water partition coefficient (Wildman–Crippen LogP) is 1.30. The minimum atomic E-state index is -0.139. The summed E-state index contributed by atoms with van der Waals surface area (Å²) < 4.78 is 0. The molecule has 0 bridgehead atoms. The first kappa shape index (κ1) is 13.7. The Morgan fingerprint density at radius 3 is 2.74 bits per heavy atom. The van der Waals surface area contributed by atoms with Gasteiger partial charge in [0.2, 0.25) is 0 Å². The Balaban J connectivity index is 2.18. The molecule has 1 aliphatic rings. The van der Waals surface area contributed by atoms with Gasteiger partial charge < -0.3 is 20.9 Å². The number of anilines is 1. The van der Waals surface area contributed by atoms with Gasteiger partial charge in [-0.1, -0.05) is 16.8 Å². The Bertz CT molecular complexity index is 482. The van der Waals surface area contributed by atoms with Gasteiger partial charge in [0.1, 0.15) is 0 Å². The van der Waals surface area contributed by atoms with Crippen LogP contribution in [-0.2, 0) is 0 Å². The van der Waals surface area contributed by atoms with Crippen LogP contribution in [-0.4, -0.2) is 35.8 Å². The third-order valence-electron chi connectivity index (χ3n) is 3.69. The lowest BCUT2D eigenvalue weighted by atomic mass is 9.82. The second-order valence-corrected chi connectivity index (χ2v) is 5.38. The summed E-state index contributed by atoms with van der Waals surface area (Å²) in [5.74, 6) is 0.639. The Morgan fingerprint density at radius 2 is 2.16 bits per heavy atom. The van der Waals surface area contributed by atoms with Crippen LogP contribution >= 0.6 is 0 Å². The second kappa shape index (κ2) is 5.48. The molecule has 0 amide bonds. The molecule has 1 fully saturated rings. The summed E-state index contributed by atoms with van der Waals surface area (Å²) in [7, 11) is 1.99. The summed E-state index contributed by atoms with van der Waals surface area (Å²) in [6.45, 7) is 2.84. The fourth-order valence-electron chi connectivity index (χ4n) is 2.58. The highest BCUT2D eigenvalue weighted by Crippen LogP contribution is 2.30. The van der Waals surface area contributed by atoms with Gasteiger partial charge in [0.25, 0.3) is 0 Å². The van der Waals surface area contributed by atoms with Crippen LogP contribution in [0.15, 0.2) is 23.4 Å². The van der Waals surface area contributed by atoms with E-state index in [0.29, 0.717) is 5.92 Å². The fourth-order valence-corrected chi connectivity index (χ4v) is 2.58. The van der Waals surface area contributed by atoms with E-state index >= 15 is 0 Å². The molecule has 104 valence electrons. The van der Waals surface area contributed by atoms with Gasteiger partial charge >= 0.3 is 0 Å². The summed E-state index contributed by atoms with van der Waals surface area (Å²) in [5, 5.41) is 21.3. The Labute approximate surface area is 113 Å². The van der Waals surface area contributed by atoms with E-state index in [1.807, 2.05) is 32.2 Å². The third kappa shape index (κ3) is 2.98. The van der Waals surface area contributed by atoms with Gasteiger partial charge in [-0.2, -0.15) is 0 Å². The topological polar surface area (TPSA) is 82.1 Å². The molecular formula is C14H21N3O2. The number of aryl methyl sites for hydroxylation is 1. The van der Waals surface area contributed by atoms with Gasteiger partial charge in [-0.15, -0.1) is 0 Å². The highest BCUT2D eigenvalue weighted by Gasteiger charge is 2.28. The van der Waals surface area contributed by atoms with E-state index in [1.54, 1.807) is 0 Å². The number of amidine groups is 1. The summed E-state index contributed by atoms with van der Waals surface area (Å²) in [6.07, 6.45) is 1.57. The first-order chi connectivity index (χ1) is 9.01. The average molecular weight is 263 g/mol. The van der Waals surface area contributed by atoms with E-state index in [4.69, 9.17) is 10.9 Å². The molecule has 0 radical (unpaired) electrons. The van der Waals surface area contributed by atoms with Gasteiger partial charge in [-0.25, -0.2) is 0 Å². The molecule has 4 N–H and O–H groups in total. The smallest absolute Gasteiger partial charge is 0.172 e. The standard InChI is InChI=1S/C14H21N3O2/c1-9-3-4-13(12(5-9)14(15)16-19)17(2)8-10-6-11(18)7-10/h3-5,10-11,18-19H,6-8H2,1-2H3,(H2,15,16). The van der Waals surface area contributed by atoms with Gasteiger partial charge in [-0.05, 0) is 37.8 Å². The molecular weight excluding hydrogens is 242 g/mol. The van der Waals surface area contributed by atoms with Crippen molar-refractivity contribution in [2.24, 2.45) is 16.8 Å². The van der Waals surface area contributed by atoms with Crippen LogP contribution in [0, 0.1) is 12.8 Å². The van der Waals surface area contributed by atoms with Crippen LogP contribution in [0.4, 0.5) is 5.69 Å². The van der Waals surface area contributed by atoms with E-state index in [-0.39, 0.29) is 11.9 Å². The molecule has 0 aliphatic heterocycles.